The Kier molecular flexibility index (Phi) is 4.77. The third-order valence-electron chi connectivity index (χ3n) is 3.28. The number of aromatic nitrogens is 1. The molecule has 0 spiro atoms. The van der Waals surface area contributed by atoms with Gasteiger partial charge in [-0.2, -0.15) is 0 Å². The molecular formula is C14H19N3O2S2. The molecule has 114 valence electrons. The summed E-state index contributed by atoms with van der Waals surface area (Å²) in [6.07, 6.45) is 0. The number of aryl methyl sites for hydroxylation is 2. The fourth-order valence-corrected chi connectivity index (χ4v) is 3.40. The highest BCUT2D eigenvalue weighted by Crippen LogP contribution is 2.19. The normalized spacial score (nSPS) is 13.3. The average molecular weight is 325 g/mol. The Morgan fingerprint density at radius 3 is 2.38 bits per heavy atom. The molecule has 7 heteroatoms. The van der Waals surface area contributed by atoms with Crippen molar-refractivity contribution in [2.45, 2.75) is 38.3 Å². The predicted molar refractivity (Wildman–Crippen MR) is 84.7 cm³/mol. The second-order valence-electron chi connectivity index (χ2n) is 4.95. The van der Waals surface area contributed by atoms with E-state index in [0.717, 1.165) is 16.3 Å². The first-order chi connectivity index (χ1) is 9.77. The van der Waals surface area contributed by atoms with Gasteiger partial charge in [-0.05, 0) is 38.5 Å². The summed E-state index contributed by atoms with van der Waals surface area (Å²) in [6.45, 7) is 6.78. The third-order valence-corrected chi connectivity index (χ3v) is 5.14. The Bertz CT molecular complexity index is 721. The van der Waals surface area contributed by atoms with Gasteiger partial charge in [0.1, 0.15) is 0 Å². The maximum atomic E-state index is 11.2. The lowest BCUT2D eigenvalue weighted by molar-refractivity contribution is 0.567. The van der Waals surface area contributed by atoms with E-state index in [-0.39, 0.29) is 10.9 Å². The third kappa shape index (κ3) is 4.10. The van der Waals surface area contributed by atoms with E-state index < -0.39 is 10.0 Å². The van der Waals surface area contributed by atoms with E-state index in [1.54, 1.807) is 23.5 Å². The summed E-state index contributed by atoms with van der Waals surface area (Å²) >= 11 is 1.69. The minimum absolute atomic E-state index is 0.0981. The van der Waals surface area contributed by atoms with E-state index in [4.69, 9.17) is 5.14 Å². The van der Waals surface area contributed by atoms with E-state index in [1.165, 1.54) is 17.0 Å². The van der Waals surface area contributed by atoms with Crippen LogP contribution in [0.15, 0.2) is 29.2 Å². The Labute approximate surface area is 129 Å². The van der Waals surface area contributed by atoms with Crippen LogP contribution < -0.4 is 10.5 Å². The summed E-state index contributed by atoms with van der Waals surface area (Å²) in [7, 11) is -3.63. The number of sulfonamides is 1. The summed E-state index contributed by atoms with van der Waals surface area (Å²) in [5.74, 6) is 0. The quantitative estimate of drug-likeness (QED) is 0.883. The van der Waals surface area contributed by atoms with Crippen molar-refractivity contribution in [3.63, 3.8) is 0 Å². The van der Waals surface area contributed by atoms with Crippen molar-refractivity contribution in [1.82, 2.24) is 10.3 Å². The van der Waals surface area contributed by atoms with E-state index >= 15 is 0 Å². The average Bonchev–Trinajstić information content (AvgIpc) is 2.73. The number of nitrogens with one attached hydrogen (secondary N) is 1. The van der Waals surface area contributed by atoms with Crippen LogP contribution in [0.25, 0.3) is 0 Å². The fourth-order valence-electron chi connectivity index (χ4n) is 2.05. The molecule has 21 heavy (non-hydrogen) atoms. The van der Waals surface area contributed by atoms with Crippen LogP contribution in [0.5, 0.6) is 0 Å². The molecule has 5 nitrogen and oxygen atoms in total. The molecule has 0 fully saturated rings. The predicted octanol–water partition coefficient (Wildman–Crippen LogP) is 2.26. The van der Waals surface area contributed by atoms with Crippen molar-refractivity contribution >= 4 is 21.4 Å². The van der Waals surface area contributed by atoms with E-state index in [0.29, 0.717) is 6.54 Å². The molecule has 1 heterocycles. The number of benzene rings is 1. The van der Waals surface area contributed by atoms with E-state index in [1.807, 2.05) is 13.8 Å². The second-order valence-corrected chi connectivity index (χ2v) is 7.92. The van der Waals surface area contributed by atoms with Crippen LogP contribution >= 0.6 is 11.3 Å². The standard InChI is InChI=1S/C14H19N3O2S2/c1-9(16-8-14-10(2)20-11(3)17-14)12-4-6-13(7-5-12)21(15,18)19/h4-7,9,16H,8H2,1-3H3,(H2,15,18,19). The van der Waals surface area contributed by atoms with Crippen molar-refractivity contribution in [2.24, 2.45) is 5.14 Å². The molecule has 0 amide bonds. The van der Waals surface area contributed by atoms with Gasteiger partial charge in [0.05, 0.1) is 15.6 Å². The van der Waals surface area contributed by atoms with Crippen LogP contribution in [-0.4, -0.2) is 13.4 Å². The highest BCUT2D eigenvalue weighted by Gasteiger charge is 2.11. The number of hydrogen-bond donors (Lipinski definition) is 2. The Balaban J connectivity index is 2.03. The summed E-state index contributed by atoms with van der Waals surface area (Å²) in [4.78, 5) is 5.83. The lowest BCUT2D eigenvalue weighted by atomic mass is 10.1. The van der Waals surface area contributed by atoms with Gasteiger partial charge in [0.2, 0.25) is 10.0 Å². The molecule has 0 aliphatic rings. The van der Waals surface area contributed by atoms with Gasteiger partial charge in [-0.3, -0.25) is 0 Å². The van der Waals surface area contributed by atoms with Crippen molar-refractivity contribution in [1.29, 1.82) is 0 Å². The largest absolute Gasteiger partial charge is 0.305 e. The first-order valence-corrected chi connectivity index (χ1v) is 8.92. The van der Waals surface area contributed by atoms with Gasteiger partial charge in [-0.1, -0.05) is 12.1 Å². The molecule has 0 aliphatic carbocycles. The SMILES string of the molecule is Cc1nc(CNC(C)c2ccc(S(N)(=O)=O)cc2)c(C)s1. The highest BCUT2D eigenvalue weighted by molar-refractivity contribution is 7.89. The molecule has 0 saturated heterocycles. The van der Waals surface area contributed by atoms with Crippen molar-refractivity contribution in [3.8, 4) is 0 Å². The van der Waals surface area contributed by atoms with Crippen LogP contribution in [-0.2, 0) is 16.6 Å². The number of thiazole rings is 1. The van der Waals surface area contributed by atoms with Gasteiger partial charge in [-0.15, -0.1) is 11.3 Å². The van der Waals surface area contributed by atoms with Crippen molar-refractivity contribution in [3.05, 3.63) is 45.4 Å². The monoisotopic (exact) mass is 325 g/mol. The zero-order chi connectivity index (χ0) is 15.6. The minimum atomic E-state index is -3.63. The smallest absolute Gasteiger partial charge is 0.238 e. The Hall–Kier alpha value is -1.28. The van der Waals surface area contributed by atoms with E-state index in [9.17, 15) is 8.42 Å². The topological polar surface area (TPSA) is 85.1 Å². The second kappa shape index (κ2) is 6.23. The molecule has 0 bridgehead atoms. The molecular weight excluding hydrogens is 306 g/mol. The van der Waals surface area contributed by atoms with E-state index in [2.05, 4.69) is 17.2 Å². The molecule has 1 unspecified atom stereocenters. The number of rotatable bonds is 5. The number of hydrogen-bond acceptors (Lipinski definition) is 5. The van der Waals surface area contributed by atoms with Gasteiger partial charge in [0, 0.05) is 17.5 Å². The zero-order valence-electron chi connectivity index (χ0n) is 12.3. The minimum Gasteiger partial charge on any atom is -0.305 e. The van der Waals surface area contributed by atoms with Crippen LogP contribution in [0.3, 0.4) is 0 Å². The van der Waals surface area contributed by atoms with Gasteiger partial charge in [0.15, 0.2) is 0 Å². The summed E-state index contributed by atoms with van der Waals surface area (Å²) in [6, 6.07) is 6.70. The van der Waals surface area contributed by atoms with Gasteiger partial charge < -0.3 is 5.32 Å². The molecule has 0 radical (unpaired) electrons. The van der Waals surface area contributed by atoms with Crippen LogP contribution in [0, 0.1) is 13.8 Å². The molecule has 2 rings (SSSR count). The zero-order valence-corrected chi connectivity index (χ0v) is 13.9. The van der Waals surface area contributed by atoms with Crippen LogP contribution in [0.1, 0.15) is 34.1 Å². The lowest BCUT2D eigenvalue weighted by Crippen LogP contribution is -2.19. The maximum absolute atomic E-state index is 11.2. The summed E-state index contributed by atoms with van der Waals surface area (Å²) < 4.78 is 22.4. The maximum Gasteiger partial charge on any atom is 0.238 e. The van der Waals surface area contributed by atoms with Gasteiger partial charge in [0.25, 0.3) is 0 Å². The van der Waals surface area contributed by atoms with Gasteiger partial charge >= 0.3 is 0 Å². The van der Waals surface area contributed by atoms with Crippen molar-refractivity contribution in [2.75, 3.05) is 0 Å². The first kappa shape index (κ1) is 16.1. The first-order valence-electron chi connectivity index (χ1n) is 6.56. The molecule has 1 aromatic heterocycles. The number of nitrogens with zero attached hydrogens (tertiary/aromatic N) is 1. The van der Waals surface area contributed by atoms with Crippen LogP contribution in [0.2, 0.25) is 0 Å². The fraction of sp³-hybridized carbons (Fsp3) is 0.357. The van der Waals surface area contributed by atoms with Gasteiger partial charge in [-0.25, -0.2) is 18.5 Å². The van der Waals surface area contributed by atoms with Crippen molar-refractivity contribution < 1.29 is 8.42 Å². The van der Waals surface area contributed by atoms with Crippen LogP contribution in [0.4, 0.5) is 0 Å². The molecule has 0 aliphatic heterocycles. The molecule has 3 N–H and O–H groups in total. The highest BCUT2D eigenvalue weighted by atomic mass is 32.2. The summed E-state index contributed by atoms with van der Waals surface area (Å²) in [5.41, 5.74) is 2.07. The molecule has 0 saturated carbocycles. The number of nitrogens with two attached hydrogens (primary N) is 1. The lowest BCUT2D eigenvalue weighted by Gasteiger charge is -2.14. The molecule has 1 atom stereocenters. The number of primary sulfonamides is 1. The summed E-state index contributed by atoms with van der Waals surface area (Å²) in [5, 5.41) is 9.54. The molecule has 2 aromatic rings. The molecule has 1 aromatic carbocycles. The Morgan fingerprint density at radius 2 is 1.90 bits per heavy atom. The Morgan fingerprint density at radius 1 is 1.29 bits per heavy atom.